The summed E-state index contributed by atoms with van der Waals surface area (Å²) < 4.78 is 7.32. The van der Waals surface area contributed by atoms with E-state index in [1.165, 1.54) is 11.3 Å². The lowest BCUT2D eigenvalue weighted by Gasteiger charge is -2.05. The second kappa shape index (κ2) is 6.94. The third-order valence-electron chi connectivity index (χ3n) is 3.60. The summed E-state index contributed by atoms with van der Waals surface area (Å²) in [6.45, 7) is 8.11. The molecular formula is C19H18N2O3S. The van der Waals surface area contributed by atoms with Gasteiger partial charge in [-0.25, -0.2) is 9.38 Å². The van der Waals surface area contributed by atoms with E-state index >= 15 is 0 Å². The fourth-order valence-electron chi connectivity index (χ4n) is 2.44. The molecule has 128 valence electrons. The fourth-order valence-corrected chi connectivity index (χ4v) is 3.26. The number of aromatic hydroxyl groups is 1. The molecule has 5 nitrogen and oxygen atoms in total. The van der Waals surface area contributed by atoms with Gasteiger partial charge in [0.05, 0.1) is 22.2 Å². The van der Waals surface area contributed by atoms with Crippen LogP contribution in [0.2, 0.25) is 0 Å². The first-order valence-electron chi connectivity index (χ1n) is 7.82. The number of nitrogens with zero attached hydrogens (tertiary/aromatic N) is 2. The number of ether oxygens (including phenoxy) is 1. The summed E-state index contributed by atoms with van der Waals surface area (Å²) in [5.74, 6) is 0.768. The lowest BCUT2D eigenvalue weighted by Crippen LogP contribution is -2.20. The molecular weight excluding hydrogens is 336 g/mol. The van der Waals surface area contributed by atoms with Crippen LogP contribution < -0.4 is 14.8 Å². The number of aryl methyl sites for hydroxylation is 1. The molecule has 0 fully saturated rings. The number of benzene rings is 2. The van der Waals surface area contributed by atoms with E-state index < -0.39 is 0 Å². The largest absolute Gasteiger partial charge is 0.504 e. The SMILES string of the molecule is C=c1sc2nc3ccccc3n2c1=O.CCOc1cc(C)ccc1O. The zero-order chi connectivity index (χ0) is 18.0. The summed E-state index contributed by atoms with van der Waals surface area (Å²) in [4.78, 5) is 16.7. The second-order valence-electron chi connectivity index (χ2n) is 5.45. The Hall–Kier alpha value is -2.86. The summed E-state index contributed by atoms with van der Waals surface area (Å²) in [7, 11) is 0. The molecule has 0 saturated carbocycles. The van der Waals surface area contributed by atoms with Crippen molar-refractivity contribution in [1.82, 2.24) is 9.38 Å². The van der Waals surface area contributed by atoms with Crippen molar-refractivity contribution in [1.29, 1.82) is 0 Å². The van der Waals surface area contributed by atoms with Crippen LogP contribution in [0.1, 0.15) is 12.5 Å². The zero-order valence-electron chi connectivity index (χ0n) is 14.0. The number of phenols is 1. The van der Waals surface area contributed by atoms with Crippen molar-refractivity contribution in [3.05, 3.63) is 62.9 Å². The molecule has 2 aromatic carbocycles. The first-order chi connectivity index (χ1) is 12.0. The minimum atomic E-state index is -0.0568. The minimum absolute atomic E-state index is 0.0568. The fraction of sp³-hybridized carbons (Fsp3) is 0.158. The molecule has 25 heavy (non-hydrogen) atoms. The van der Waals surface area contributed by atoms with E-state index in [0.717, 1.165) is 21.6 Å². The molecule has 2 heterocycles. The molecule has 0 radical (unpaired) electrons. The Bertz CT molecular complexity index is 1130. The van der Waals surface area contributed by atoms with Crippen LogP contribution in [0.15, 0.2) is 47.3 Å². The molecule has 0 unspecified atom stereocenters. The van der Waals surface area contributed by atoms with Gasteiger partial charge in [-0.05, 0) is 43.7 Å². The molecule has 6 heteroatoms. The normalized spacial score (nSPS) is 10.6. The molecule has 4 aromatic rings. The van der Waals surface area contributed by atoms with Crippen LogP contribution in [0.4, 0.5) is 0 Å². The maximum absolute atomic E-state index is 11.7. The van der Waals surface area contributed by atoms with Crippen LogP contribution in [0.3, 0.4) is 0 Å². The van der Waals surface area contributed by atoms with Gasteiger partial charge in [-0.2, -0.15) is 0 Å². The van der Waals surface area contributed by atoms with Gasteiger partial charge in [-0.1, -0.05) is 36.1 Å². The topological polar surface area (TPSA) is 63.8 Å². The molecule has 0 bridgehead atoms. The summed E-state index contributed by atoms with van der Waals surface area (Å²) in [5.41, 5.74) is 2.75. The van der Waals surface area contributed by atoms with Crippen molar-refractivity contribution < 1.29 is 9.84 Å². The van der Waals surface area contributed by atoms with Gasteiger partial charge in [-0.3, -0.25) is 4.79 Å². The highest BCUT2D eigenvalue weighted by molar-refractivity contribution is 7.15. The van der Waals surface area contributed by atoms with E-state index in [9.17, 15) is 9.90 Å². The van der Waals surface area contributed by atoms with Crippen LogP contribution in [0.25, 0.3) is 22.6 Å². The summed E-state index contributed by atoms with van der Waals surface area (Å²) in [5, 5.41) is 9.24. The molecule has 0 aliphatic heterocycles. The van der Waals surface area contributed by atoms with Gasteiger partial charge >= 0.3 is 0 Å². The number of aromatic nitrogens is 2. The number of hydrogen-bond donors (Lipinski definition) is 1. The molecule has 2 aromatic heterocycles. The smallest absolute Gasteiger partial charge is 0.274 e. The zero-order valence-corrected chi connectivity index (χ0v) is 14.8. The first kappa shape index (κ1) is 17.0. The molecule has 0 spiro atoms. The monoisotopic (exact) mass is 354 g/mol. The number of para-hydroxylation sites is 2. The van der Waals surface area contributed by atoms with E-state index in [4.69, 9.17) is 4.74 Å². The highest BCUT2D eigenvalue weighted by Gasteiger charge is 2.08. The Morgan fingerprint density at radius 3 is 2.80 bits per heavy atom. The Balaban J connectivity index is 0.000000151. The van der Waals surface area contributed by atoms with Crippen LogP contribution in [-0.2, 0) is 0 Å². The Kier molecular flexibility index (Phi) is 4.72. The van der Waals surface area contributed by atoms with Gasteiger partial charge in [0.1, 0.15) is 0 Å². The minimum Gasteiger partial charge on any atom is -0.504 e. The standard InChI is InChI=1S/C10H6N2OS.C9H12O2/c1-6-9(13)12-8-5-3-2-4-7(8)11-10(12)14-6;1-3-11-9-6-7(2)4-5-8(9)10/h2-5H,1H2;4-6,10H,3H2,1-2H3. The average molecular weight is 354 g/mol. The van der Waals surface area contributed by atoms with Crippen molar-refractivity contribution in [2.75, 3.05) is 6.61 Å². The van der Waals surface area contributed by atoms with Crippen LogP contribution in [-0.4, -0.2) is 21.1 Å². The molecule has 4 rings (SSSR count). The van der Waals surface area contributed by atoms with Gasteiger partial charge in [0.15, 0.2) is 16.5 Å². The average Bonchev–Trinajstić information content (AvgIpc) is 3.08. The summed E-state index contributed by atoms with van der Waals surface area (Å²) in [6, 6.07) is 12.9. The number of thiazole rings is 1. The number of imidazole rings is 1. The first-order valence-corrected chi connectivity index (χ1v) is 8.64. The van der Waals surface area contributed by atoms with Gasteiger partial charge in [0, 0.05) is 0 Å². The van der Waals surface area contributed by atoms with Crippen LogP contribution >= 0.6 is 11.3 Å². The molecule has 0 aliphatic rings. The number of fused-ring (bicyclic) bond motifs is 3. The van der Waals surface area contributed by atoms with Crippen molar-refractivity contribution in [2.45, 2.75) is 13.8 Å². The summed E-state index contributed by atoms with van der Waals surface area (Å²) >= 11 is 1.33. The maximum atomic E-state index is 11.7. The third kappa shape index (κ3) is 3.34. The number of rotatable bonds is 2. The summed E-state index contributed by atoms with van der Waals surface area (Å²) in [6.07, 6.45) is 0. The lowest BCUT2D eigenvalue weighted by molar-refractivity contribution is 0.318. The third-order valence-corrected chi connectivity index (χ3v) is 4.48. The highest BCUT2D eigenvalue weighted by Crippen LogP contribution is 2.26. The highest BCUT2D eigenvalue weighted by atomic mass is 32.1. The van der Waals surface area contributed by atoms with Gasteiger partial charge in [-0.15, -0.1) is 0 Å². The lowest BCUT2D eigenvalue weighted by atomic mass is 10.2. The van der Waals surface area contributed by atoms with Crippen LogP contribution in [0.5, 0.6) is 11.5 Å². The molecule has 1 N–H and O–H groups in total. The maximum Gasteiger partial charge on any atom is 0.274 e. The predicted molar refractivity (Wildman–Crippen MR) is 102 cm³/mol. The van der Waals surface area contributed by atoms with E-state index in [0.29, 0.717) is 16.9 Å². The van der Waals surface area contributed by atoms with Crippen molar-refractivity contribution in [3.63, 3.8) is 0 Å². The Morgan fingerprint density at radius 2 is 2.04 bits per heavy atom. The number of phenolic OH excluding ortho intramolecular Hbond substituents is 1. The Labute approximate surface area is 148 Å². The van der Waals surface area contributed by atoms with Crippen molar-refractivity contribution >= 4 is 33.9 Å². The molecule has 0 amide bonds. The second-order valence-corrected chi connectivity index (χ2v) is 6.52. The van der Waals surface area contributed by atoms with E-state index in [1.807, 2.05) is 50.2 Å². The quantitative estimate of drug-likeness (QED) is 0.601. The van der Waals surface area contributed by atoms with Gasteiger partial charge in [0.25, 0.3) is 5.56 Å². The van der Waals surface area contributed by atoms with E-state index in [-0.39, 0.29) is 11.3 Å². The molecule has 0 atom stereocenters. The molecule has 0 saturated heterocycles. The van der Waals surface area contributed by atoms with E-state index in [1.54, 1.807) is 10.5 Å². The van der Waals surface area contributed by atoms with E-state index in [2.05, 4.69) is 11.6 Å². The van der Waals surface area contributed by atoms with Gasteiger partial charge in [0.2, 0.25) is 0 Å². The molecule has 0 aliphatic carbocycles. The van der Waals surface area contributed by atoms with Crippen LogP contribution in [0, 0.1) is 6.92 Å². The predicted octanol–water partition coefficient (Wildman–Crippen LogP) is 3.14. The van der Waals surface area contributed by atoms with Gasteiger partial charge < -0.3 is 9.84 Å². The van der Waals surface area contributed by atoms with Crippen molar-refractivity contribution in [2.24, 2.45) is 0 Å². The number of hydrogen-bond acceptors (Lipinski definition) is 5. The van der Waals surface area contributed by atoms with Crippen molar-refractivity contribution in [3.8, 4) is 11.5 Å². The Morgan fingerprint density at radius 1 is 1.28 bits per heavy atom.